The standard InChI is InChI=1S/C24H24ClN7O/c1-13(26)30-22(33)17-7-6-16(25)10-18(17)21-31-19-9-14(15-11-28-23(27)29-12-15)5-8-20(19)32(21)24(2,3)4/h5-12H,1-4H3,(H2,26,30,33)(H2,27,28,29)/p+1. The van der Waals surface area contributed by atoms with E-state index in [1.165, 1.54) is 0 Å². The van der Waals surface area contributed by atoms with Gasteiger partial charge in [0.05, 0.1) is 16.6 Å². The van der Waals surface area contributed by atoms with Gasteiger partial charge in [0.25, 0.3) is 0 Å². The monoisotopic (exact) mass is 462 g/mol. The molecule has 4 rings (SSSR count). The number of benzene rings is 2. The molecule has 0 fully saturated rings. The molecule has 168 valence electrons. The number of rotatable bonds is 3. The fourth-order valence-electron chi connectivity index (χ4n) is 3.75. The molecule has 0 unspecified atom stereocenters. The summed E-state index contributed by atoms with van der Waals surface area (Å²) in [6.45, 7) is 7.88. The Morgan fingerprint density at radius 3 is 2.42 bits per heavy atom. The molecule has 33 heavy (non-hydrogen) atoms. The molecule has 0 bridgehead atoms. The number of fused-ring (bicyclic) bond motifs is 1. The lowest BCUT2D eigenvalue weighted by atomic mass is 10.0. The van der Waals surface area contributed by atoms with Crippen LogP contribution in [0.3, 0.4) is 0 Å². The minimum absolute atomic E-state index is 0.218. The van der Waals surface area contributed by atoms with Crippen LogP contribution in [-0.2, 0) is 5.54 Å². The van der Waals surface area contributed by atoms with Crippen LogP contribution in [0.25, 0.3) is 33.5 Å². The van der Waals surface area contributed by atoms with Crippen LogP contribution in [0.2, 0.25) is 5.02 Å². The summed E-state index contributed by atoms with van der Waals surface area (Å²) in [5.74, 6) is 0.829. The molecular formula is C24H25ClN7O+. The molecule has 0 saturated carbocycles. The summed E-state index contributed by atoms with van der Waals surface area (Å²) in [6.07, 6.45) is 3.35. The number of nitrogens with zero attached hydrogens (tertiary/aromatic N) is 4. The van der Waals surface area contributed by atoms with Crippen molar-refractivity contribution < 1.29 is 10.2 Å². The molecule has 0 aliphatic carbocycles. The molecule has 0 aliphatic heterocycles. The van der Waals surface area contributed by atoms with Gasteiger partial charge in [-0.05, 0) is 56.7 Å². The van der Waals surface area contributed by atoms with Gasteiger partial charge >= 0.3 is 5.91 Å². The molecule has 0 spiro atoms. The first-order valence-electron chi connectivity index (χ1n) is 10.4. The van der Waals surface area contributed by atoms with Crippen molar-refractivity contribution in [3.8, 4) is 22.5 Å². The van der Waals surface area contributed by atoms with Crippen molar-refractivity contribution in [1.82, 2.24) is 24.8 Å². The zero-order valence-electron chi connectivity index (χ0n) is 18.8. The Morgan fingerprint density at radius 2 is 1.79 bits per heavy atom. The van der Waals surface area contributed by atoms with E-state index in [1.54, 1.807) is 37.5 Å². The van der Waals surface area contributed by atoms with Crippen molar-refractivity contribution in [2.75, 3.05) is 5.73 Å². The molecule has 0 radical (unpaired) electrons. The highest BCUT2D eigenvalue weighted by Crippen LogP contribution is 2.35. The summed E-state index contributed by atoms with van der Waals surface area (Å²) in [5, 5.41) is 8.88. The van der Waals surface area contributed by atoms with Crippen molar-refractivity contribution in [3.63, 3.8) is 0 Å². The quantitative estimate of drug-likeness (QED) is 0.319. The maximum Gasteiger partial charge on any atom is 0.339 e. The molecule has 0 atom stereocenters. The van der Waals surface area contributed by atoms with Crippen LogP contribution in [0, 0.1) is 0 Å². The molecule has 2 aromatic heterocycles. The van der Waals surface area contributed by atoms with Gasteiger partial charge in [0.2, 0.25) is 11.8 Å². The molecule has 0 saturated heterocycles. The molecule has 1 amide bonds. The van der Waals surface area contributed by atoms with Crippen molar-refractivity contribution in [1.29, 1.82) is 0 Å². The van der Waals surface area contributed by atoms with Crippen molar-refractivity contribution in [2.45, 2.75) is 33.2 Å². The zero-order chi connectivity index (χ0) is 23.9. The van der Waals surface area contributed by atoms with Crippen LogP contribution in [0.4, 0.5) is 5.95 Å². The van der Waals surface area contributed by atoms with Crippen LogP contribution in [-0.4, -0.2) is 31.3 Å². The first-order chi connectivity index (χ1) is 15.5. The normalized spacial score (nSPS) is 11.5. The van der Waals surface area contributed by atoms with Gasteiger partial charge in [-0.2, -0.15) is 0 Å². The van der Waals surface area contributed by atoms with Crippen molar-refractivity contribution in [2.24, 2.45) is 0 Å². The predicted octanol–water partition coefficient (Wildman–Crippen LogP) is 3.06. The van der Waals surface area contributed by atoms with Crippen LogP contribution in [0.1, 0.15) is 38.1 Å². The van der Waals surface area contributed by atoms with E-state index in [9.17, 15) is 4.79 Å². The molecule has 9 heteroatoms. The largest absolute Gasteiger partial charge is 0.368 e. The highest BCUT2D eigenvalue weighted by atomic mass is 35.5. The summed E-state index contributed by atoms with van der Waals surface area (Å²) in [5.41, 5.74) is 9.76. The number of amidine groups is 1. The minimum Gasteiger partial charge on any atom is -0.368 e. The van der Waals surface area contributed by atoms with Crippen LogP contribution in [0.5, 0.6) is 0 Å². The van der Waals surface area contributed by atoms with Gasteiger partial charge in [-0.3, -0.25) is 5.41 Å². The average Bonchev–Trinajstić information content (AvgIpc) is 3.12. The van der Waals surface area contributed by atoms with Crippen LogP contribution >= 0.6 is 11.6 Å². The summed E-state index contributed by atoms with van der Waals surface area (Å²) in [4.78, 5) is 26.0. The number of nitrogen functional groups attached to an aromatic ring is 1. The first-order valence-corrected chi connectivity index (χ1v) is 10.7. The number of nitrogens with two attached hydrogens (primary N) is 2. The van der Waals surface area contributed by atoms with Crippen molar-refractivity contribution in [3.05, 3.63) is 59.4 Å². The highest BCUT2D eigenvalue weighted by Gasteiger charge is 2.27. The number of hydrogen-bond acceptors (Lipinski definition) is 5. The topological polar surface area (TPSA) is 124 Å². The third-order valence-corrected chi connectivity index (χ3v) is 5.34. The van der Waals surface area contributed by atoms with Crippen molar-refractivity contribution >= 4 is 40.3 Å². The number of hydrogen-bond donors (Lipinski definition) is 3. The van der Waals surface area contributed by atoms with E-state index in [1.807, 2.05) is 18.2 Å². The van der Waals surface area contributed by atoms with Gasteiger partial charge in [-0.15, -0.1) is 0 Å². The van der Waals surface area contributed by atoms with E-state index in [0.29, 0.717) is 27.8 Å². The van der Waals surface area contributed by atoms with E-state index in [-0.39, 0.29) is 17.4 Å². The van der Waals surface area contributed by atoms with Gasteiger partial charge < -0.3 is 10.3 Å². The Balaban J connectivity index is 1.96. The zero-order valence-corrected chi connectivity index (χ0v) is 19.6. The molecule has 2 heterocycles. The fraction of sp³-hybridized carbons (Fsp3) is 0.208. The first kappa shape index (κ1) is 22.4. The lowest BCUT2D eigenvalue weighted by Gasteiger charge is -2.25. The van der Waals surface area contributed by atoms with Gasteiger partial charge in [-0.25, -0.2) is 25.1 Å². The molecule has 4 aromatic rings. The number of imidazole rings is 1. The van der Waals surface area contributed by atoms with E-state index in [2.05, 4.69) is 40.6 Å². The van der Waals surface area contributed by atoms with E-state index in [0.717, 1.165) is 22.2 Å². The summed E-state index contributed by atoms with van der Waals surface area (Å²) < 4.78 is 2.10. The third kappa shape index (κ3) is 4.42. The molecular weight excluding hydrogens is 438 g/mol. The Labute approximate surface area is 196 Å². The lowest BCUT2D eigenvalue weighted by molar-refractivity contribution is -0.118. The van der Waals surface area contributed by atoms with Gasteiger partial charge in [0.1, 0.15) is 5.82 Å². The SMILES string of the molecule is CC(=[NH2+])NC(=O)c1ccc(Cl)cc1-c1nc2cc(-c3cnc(N)nc3)ccc2n1C(C)(C)C. The third-order valence-electron chi connectivity index (χ3n) is 5.11. The van der Waals surface area contributed by atoms with Gasteiger partial charge in [0, 0.05) is 41.0 Å². The van der Waals surface area contributed by atoms with Crippen LogP contribution < -0.4 is 16.5 Å². The van der Waals surface area contributed by atoms with Gasteiger partial charge in [0.15, 0.2) is 0 Å². The Hall–Kier alpha value is -3.78. The second-order valence-electron chi connectivity index (χ2n) is 8.80. The predicted molar refractivity (Wildman–Crippen MR) is 131 cm³/mol. The fourth-order valence-corrected chi connectivity index (χ4v) is 3.92. The summed E-state index contributed by atoms with van der Waals surface area (Å²) in [7, 11) is 0. The minimum atomic E-state index is -0.331. The maximum absolute atomic E-state index is 12.9. The lowest BCUT2D eigenvalue weighted by Crippen LogP contribution is -2.49. The second-order valence-corrected chi connectivity index (χ2v) is 9.24. The molecule has 2 aromatic carbocycles. The highest BCUT2D eigenvalue weighted by molar-refractivity contribution is 6.31. The van der Waals surface area contributed by atoms with E-state index in [4.69, 9.17) is 27.7 Å². The molecule has 0 aliphatic rings. The smallest absolute Gasteiger partial charge is 0.339 e. The van der Waals surface area contributed by atoms with E-state index < -0.39 is 0 Å². The van der Waals surface area contributed by atoms with Gasteiger partial charge in [-0.1, -0.05) is 17.7 Å². The Morgan fingerprint density at radius 1 is 1.09 bits per heavy atom. The van der Waals surface area contributed by atoms with Crippen LogP contribution in [0.15, 0.2) is 48.8 Å². The Kier molecular flexibility index (Phi) is 5.63. The number of carbonyl (C=O) groups is 1. The Bertz CT molecular complexity index is 1380. The summed E-state index contributed by atoms with van der Waals surface area (Å²) in [6, 6.07) is 11.1. The number of nitrogens with one attached hydrogen (secondary N) is 1. The average molecular weight is 463 g/mol. The summed E-state index contributed by atoms with van der Waals surface area (Å²) >= 11 is 6.34. The second kappa shape index (κ2) is 8.29. The number of halogens is 1. The van der Waals surface area contributed by atoms with E-state index >= 15 is 0 Å². The number of amides is 1. The number of anilines is 1. The maximum atomic E-state index is 12.9. The molecule has 8 nitrogen and oxygen atoms in total. The number of aromatic nitrogens is 4. The number of carbonyl (C=O) groups excluding carboxylic acids is 1. The molecule has 5 N–H and O–H groups in total.